The molecule has 1 saturated heterocycles. The van der Waals surface area contributed by atoms with Crippen LogP contribution >= 0.6 is 23.1 Å². The van der Waals surface area contributed by atoms with Gasteiger partial charge in [-0.3, -0.25) is 25.1 Å². The van der Waals surface area contributed by atoms with Gasteiger partial charge in [-0.2, -0.15) is 5.10 Å². The number of carbonyl (C=O) groups excluding carboxylic acids is 3. The number of nitrogens with one attached hydrogen (secondary N) is 2. The number of hydrogen-bond donors (Lipinski definition) is 2. The number of esters is 1. The highest BCUT2D eigenvalue weighted by atomic mass is 32.2. The van der Waals surface area contributed by atoms with E-state index in [1.165, 1.54) is 11.3 Å². The van der Waals surface area contributed by atoms with Crippen LogP contribution in [0.1, 0.15) is 18.9 Å². The molecule has 0 saturated carbocycles. The highest BCUT2D eigenvalue weighted by Gasteiger charge is 2.34. The Morgan fingerprint density at radius 2 is 2.09 bits per heavy atom. The fraction of sp³-hybridized carbons (Fsp3) is 0.190. The summed E-state index contributed by atoms with van der Waals surface area (Å²) in [4.78, 5) is 39.6. The van der Waals surface area contributed by atoms with Gasteiger partial charge in [0.15, 0.2) is 11.5 Å². The number of hydrazone groups is 1. The van der Waals surface area contributed by atoms with Gasteiger partial charge in [0.1, 0.15) is 5.25 Å². The van der Waals surface area contributed by atoms with Crippen molar-refractivity contribution in [3.05, 3.63) is 48.0 Å². The number of hydrogen-bond acceptors (Lipinski definition) is 10. The van der Waals surface area contributed by atoms with Crippen molar-refractivity contribution in [2.24, 2.45) is 5.10 Å². The lowest BCUT2D eigenvalue weighted by Gasteiger charge is -2.12. The number of para-hydroxylation sites is 1. The number of thioether (sulfide) groups is 1. The Bertz CT molecular complexity index is 1180. The van der Waals surface area contributed by atoms with Crippen molar-refractivity contribution in [2.45, 2.75) is 18.6 Å². The van der Waals surface area contributed by atoms with Gasteiger partial charge in [0.25, 0.3) is 5.24 Å². The normalized spacial score (nSPS) is 15.8. The number of thiazole rings is 1. The molecule has 0 radical (unpaired) electrons. The summed E-state index contributed by atoms with van der Waals surface area (Å²) >= 11 is 2.27. The summed E-state index contributed by atoms with van der Waals surface area (Å²) in [7, 11) is 0. The number of nitrogens with zero attached hydrogens (tertiary/aromatic N) is 2. The molecule has 11 heteroatoms. The summed E-state index contributed by atoms with van der Waals surface area (Å²) in [6.45, 7) is 2.18. The molecule has 32 heavy (non-hydrogen) atoms. The number of imide groups is 1. The van der Waals surface area contributed by atoms with Gasteiger partial charge < -0.3 is 9.47 Å². The van der Waals surface area contributed by atoms with E-state index in [4.69, 9.17) is 9.47 Å². The Morgan fingerprint density at radius 3 is 2.84 bits per heavy atom. The van der Waals surface area contributed by atoms with Crippen LogP contribution in [0.15, 0.2) is 47.6 Å². The molecular formula is C21H18N4O5S2. The van der Waals surface area contributed by atoms with Crippen LogP contribution in [0.2, 0.25) is 0 Å². The summed E-state index contributed by atoms with van der Waals surface area (Å²) in [6.07, 6.45) is 1.38. The SMILES string of the molecule is CCOc1cc(/C=N\Nc2nc3ccccc3s2)ccc1OC(=O)C[C@@H]1SC(=O)NC1=O. The molecule has 0 unspecified atom stereocenters. The van der Waals surface area contributed by atoms with Crippen LogP contribution in [0, 0.1) is 0 Å². The highest BCUT2D eigenvalue weighted by molar-refractivity contribution is 8.15. The Morgan fingerprint density at radius 1 is 1.25 bits per heavy atom. The zero-order chi connectivity index (χ0) is 22.5. The number of fused-ring (bicyclic) bond motifs is 1. The van der Waals surface area contributed by atoms with Crippen molar-refractivity contribution in [1.29, 1.82) is 0 Å². The van der Waals surface area contributed by atoms with Gasteiger partial charge in [0.2, 0.25) is 11.0 Å². The maximum Gasteiger partial charge on any atom is 0.312 e. The Labute approximate surface area is 191 Å². The number of anilines is 1. The van der Waals surface area contributed by atoms with Crippen LogP contribution in [0.3, 0.4) is 0 Å². The van der Waals surface area contributed by atoms with E-state index in [9.17, 15) is 14.4 Å². The minimum Gasteiger partial charge on any atom is -0.490 e. The molecule has 2 amide bonds. The molecular weight excluding hydrogens is 452 g/mol. The molecule has 1 atom stereocenters. The number of amides is 2. The monoisotopic (exact) mass is 470 g/mol. The first-order valence-corrected chi connectivity index (χ1v) is 11.3. The average molecular weight is 471 g/mol. The van der Waals surface area contributed by atoms with Crippen molar-refractivity contribution < 1.29 is 23.9 Å². The third-order valence-corrected chi connectivity index (χ3v) is 6.20. The second-order valence-corrected chi connectivity index (χ2v) is 8.76. The number of ether oxygens (including phenoxy) is 2. The van der Waals surface area contributed by atoms with Crippen LogP contribution in [0.5, 0.6) is 11.5 Å². The lowest BCUT2D eigenvalue weighted by Crippen LogP contribution is -2.27. The molecule has 2 N–H and O–H groups in total. The number of rotatable bonds is 8. The Balaban J connectivity index is 1.41. The quantitative estimate of drug-likeness (QED) is 0.221. The van der Waals surface area contributed by atoms with Crippen LogP contribution in [-0.2, 0) is 9.59 Å². The maximum absolute atomic E-state index is 12.2. The molecule has 4 rings (SSSR count). The summed E-state index contributed by atoms with van der Waals surface area (Å²) in [5, 5.41) is 5.77. The second-order valence-electron chi connectivity index (χ2n) is 6.56. The summed E-state index contributed by atoms with van der Waals surface area (Å²) < 4.78 is 12.0. The summed E-state index contributed by atoms with van der Waals surface area (Å²) in [6, 6.07) is 12.8. The molecule has 2 aromatic carbocycles. The van der Waals surface area contributed by atoms with E-state index >= 15 is 0 Å². The van der Waals surface area contributed by atoms with Gasteiger partial charge >= 0.3 is 5.97 Å². The van der Waals surface area contributed by atoms with Gasteiger partial charge in [-0.25, -0.2) is 4.98 Å². The van der Waals surface area contributed by atoms with E-state index in [1.807, 2.05) is 31.2 Å². The van der Waals surface area contributed by atoms with Crippen LogP contribution < -0.4 is 20.2 Å². The van der Waals surface area contributed by atoms with E-state index < -0.39 is 22.4 Å². The largest absolute Gasteiger partial charge is 0.490 e. The highest BCUT2D eigenvalue weighted by Crippen LogP contribution is 2.30. The molecule has 2 heterocycles. The fourth-order valence-electron chi connectivity index (χ4n) is 2.88. The third-order valence-electron chi connectivity index (χ3n) is 4.28. The van der Waals surface area contributed by atoms with E-state index in [0.29, 0.717) is 17.5 Å². The van der Waals surface area contributed by atoms with Crippen molar-refractivity contribution in [3.8, 4) is 11.5 Å². The molecule has 164 valence electrons. The first-order valence-electron chi connectivity index (χ1n) is 9.65. The van der Waals surface area contributed by atoms with E-state index in [0.717, 1.165) is 27.5 Å². The van der Waals surface area contributed by atoms with Crippen molar-refractivity contribution in [2.75, 3.05) is 12.0 Å². The molecule has 1 aliphatic heterocycles. The molecule has 1 aliphatic rings. The fourth-order valence-corrected chi connectivity index (χ4v) is 4.50. The molecule has 3 aromatic rings. The summed E-state index contributed by atoms with van der Waals surface area (Å²) in [5.74, 6) is -0.534. The van der Waals surface area contributed by atoms with Crippen molar-refractivity contribution in [3.63, 3.8) is 0 Å². The molecule has 9 nitrogen and oxygen atoms in total. The van der Waals surface area contributed by atoms with E-state index in [-0.39, 0.29) is 12.2 Å². The maximum atomic E-state index is 12.2. The molecule has 1 fully saturated rings. The third kappa shape index (κ3) is 5.24. The summed E-state index contributed by atoms with van der Waals surface area (Å²) in [5.41, 5.74) is 4.53. The van der Waals surface area contributed by atoms with Crippen molar-refractivity contribution >= 4 is 61.8 Å². The van der Waals surface area contributed by atoms with Gasteiger partial charge in [-0.15, -0.1) is 0 Å². The molecule has 0 bridgehead atoms. The smallest absolute Gasteiger partial charge is 0.312 e. The zero-order valence-corrected chi connectivity index (χ0v) is 18.5. The van der Waals surface area contributed by atoms with Crippen LogP contribution in [0.4, 0.5) is 9.93 Å². The lowest BCUT2D eigenvalue weighted by atomic mass is 10.2. The van der Waals surface area contributed by atoms with Gasteiger partial charge in [-0.05, 0) is 42.8 Å². The average Bonchev–Trinajstić information content (AvgIpc) is 3.31. The Kier molecular flexibility index (Phi) is 6.66. The van der Waals surface area contributed by atoms with Gasteiger partial charge in [0.05, 0.1) is 29.5 Å². The first-order chi connectivity index (χ1) is 15.5. The standard InChI is InChI=1S/C21H18N4O5S2/c1-2-29-15-9-12(11-22-25-20-23-13-5-3-4-6-16(13)31-20)7-8-14(15)30-18(26)10-17-19(27)24-21(28)32-17/h3-9,11,17H,2,10H2,1H3,(H,23,25)(H,24,27,28)/b22-11-/t17-/m0/s1. The number of aromatic nitrogens is 1. The molecule has 0 spiro atoms. The minimum atomic E-state index is -0.787. The molecule has 0 aliphatic carbocycles. The van der Waals surface area contributed by atoms with Crippen molar-refractivity contribution in [1.82, 2.24) is 10.3 Å². The topological polar surface area (TPSA) is 119 Å². The van der Waals surface area contributed by atoms with Gasteiger partial charge in [-0.1, -0.05) is 35.2 Å². The van der Waals surface area contributed by atoms with Crippen LogP contribution in [-0.4, -0.2) is 40.2 Å². The lowest BCUT2D eigenvalue weighted by molar-refractivity contribution is -0.136. The number of carbonyl (C=O) groups is 3. The predicted molar refractivity (Wildman–Crippen MR) is 124 cm³/mol. The second kappa shape index (κ2) is 9.79. The van der Waals surface area contributed by atoms with Gasteiger partial charge in [0, 0.05) is 0 Å². The zero-order valence-electron chi connectivity index (χ0n) is 16.9. The first kappa shape index (κ1) is 21.8. The Hall–Kier alpha value is -3.44. The molecule has 1 aromatic heterocycles. The minimum absolute atomic E-state index is 0.219. The predicted octanol–water partition coefficient (Wildman–Crippen LogP) is 3.79. The van der Waals surface area contributed by atoms with E-state index in [2.05, 4.69) is 20.8 Å². The van der Waals surface area contributed by atoms with Crippen LogP contribution in [0.25, 0.3) is 10.2 Å². The number of benzene rings is 2. The van der Waals surface area contributed by atoms with E-state index in [1.54, 1.807) is 24.4 Å².